The van der Waals surface area contributed by atoms with Crippen LogP contribution in [-0.4, -0.2) is 25.6 Å². The molecule has 166 valence electrons. The highest BCUT2D eigenvalue weighted by atomic mass is 19.3. The van der Waals surface area contributed by atoms with Crippen molar-refractivity contribution in [2.45, 2.75) is 19.6 Å². The Morgan fingerprint density at radius 2 is 1.69 bits per heavy atom. The first-order chi connectivity index (χ1) is 15.4. The van der Waals surface area contributed by atoms with Gasteiger partial charge < -0.3 is 19.5 Å². The van der Waals surface area contributed by atoms with Gasteiger partial charge in [0.25, 0.3) is 5.91 Å². The zero-order chi connectivity index (χ0) is 23.1. The average Bonchev–Trinajstić information content (AvgIpc) is 2.77. The molecule has 1 N–H and O–H groups in total. The largest absolute Gasteiger partial charge is 0.495 e. The number of hydrogen-bond donors (Lipinski definition) is 1. The van der Waals surface area contributed by atoms with E-state index in [1.807, 2.05) is 13.0 Å². The number of halogens is 2. The number of methoxy groups -OCH3 is 1. The van der Waals surface area contributed by atoms with Crippen LogP contribution in [0.1, 0.15) is 27.6 Å². The zero-order valence-corrected chi connectivity index (χ0v) is 17.4. The molecule has 0 bridgehead atoms. The molecule has 3 rings (SSSR count). The van der Waals surface area contributed by atoms with Gasteiger partial charge in [-0.15, -0.1) is 0 Å². The molecule has 1 unspecified atom stereocenters. The predicted molar refractivity (Wildman–Crippen MR) is 114 cm³/mol. The second-order valence-corrected chi connectivity index (χ2v) is 6.80. The quantitative estimate of drug-likeness (QED) is 0.490. The molecule has 0 saturated heterocycles. The molecule has 32 heavy (non-hydrogen) atoms. The van der Waals surface area contributed by atoms with Gasteiger partial charge in [0, 0.05) is 5.56 Å². The second-order valence-electron chi connectivity index (χ2n) is 6.80. The molecule has 0 heterocycles. The maximum atomic E-state index is 13.1. The van der Waals surface area contributed by atoms with Crippen LogP contribution in [-0.2, 0) is 9.53 Å². The standard InChI is InChI=1S/C24H21F2NO5/c1-15-11-12-20(30-2)19(13-15)27-22(28)21(16-7-4-3-5-8-16)32-23(29)17-9-6-10-18(14-17)31-24(25)26/h3-14,21,24H,1-2H3,(H,27,28). The number of anilines is 1. The summed E-state index contributed by atoms with van der Waals surface area (Å²) >= 11 is 0. The monoisotopic (exact) mass is 441 g/mol. The molecule has 0 aliphatic carbocycles. The van der Waals surface area contributed by atoms with E-state index in [9.17, 15) is 18.4 Å². The third-order valence-electron chi connectivity index (χ3n) is 4.47. The molecule has 3 aromatic carbocycles. The van der Waals surface area contributed by atoms with Gasteiger partial charge in [-0.1, -0.05) is 42.5 Å². The topological polar surface area (TPSA) is 73.9 Å². The Morgan fingerprint density at radius 3 is 2.38 bits per heavy atom. The molecule has 1 amide bonds. The Balaban J connectivity index is 1.86. The van der Waals surface area contributed by atoms with Crippen LogP contribution < -0.4 is 14.8 Å². The van der Waals surface area contributed by atoms with E-state index in [2.05, 4.69) is 10.1 Å². The van der Waals surface area contributed by atoms with Crippen LogP contribution in [0.5, 0.6) is 11.5 Å². The van der Waals surface area contributed by atoms with Crippen molar-refractivity contribution in [1.82, 2.24) is 0 Å². The Morgan fingerprint density at radius 1 is 0.938 bits per heavy atom. The molecule has 0 spiro atoms. The summed E-state index contributed by atoms with van der Waals surface area (Å²) in [7, 11) is 1.48. The molecular weight excluding hydrogens is 420 g/mol. The normalized spacial score (nSPS) is 11.5. The van der Waals surface area contributed by atoms with Crippen LogP contribution >= 0.6 is 0 Å². The van der Waals surface area contributed by atoms with Crippen LogP contribution in [0.15, 0.2) is 72.8 Å². The van der Waals surface area contributed by atoms with Crippen LogP contribution in [0.2, 0.25) is 0 Å². The van der Waals surface area contributed by atoms with Gasteiger partial charge in [0.2, 0.25) is 6.10 Å². The Labute approximate surface area is 183 Å². The molecule has 0 radical (unpaired) electrons. The molecule has 0 aliphatic heterocycles. The van der Waals surface area contributed by atoms with Crippen molar-refractivity contribution >= 4 is 17.6 Å². The SMILES string of the molecule is COc1ccc(C)cc1NC(=O)C(OC(=O)c1cccc(OC(F)F)c1)c1ccccc1. The number of hydrogen-bond acceptors (Lipinski definition) is 5. The van der Waals surface area contributed by atoms with Crippen molar-refractivity contribution in [3.8, 4) is 11.5 Å². The summed E-state index contributed by atoms with van der Waals surface area (Å²) in [4.78, 5) is 25.8. The van der Waals surface area contributed by atoms with Crippen LogP contribution in [0.3, 0.4) is 0 Å². The van der Waals surface area contributed by atoms with E-state index < -0.39 is 24.6 Å². The molecule has 0 aromatic heterocycles. The van der Waals surface area contributed by atoms with E-state index in [-0.39, 0.29) is 11.3 Å². The maximum Gasteiger partial charge on any atom is 0.387 e. The smallest absolute Gasteiger partial charge is 0.387 e. The van der Waals surface area contributed by atoms with Gasteiger partial charge in [-0.05, 0) is 42.8 Å². The minimum Gasteiger partial charge on any atom is -0.495 e. The van der Waals surface area contributed by atoms with E-state index in [4.69, 9.17) is 9.47 Å². The molecule has 1 atom stereocenters. The number of aryl methyl sites for hydroxylation is 1. The van der Waals surface area contributed by atoms with E-state index in [0.29, 0.717) is 17.0 Å². The fourth-order valence-corrected chi connectivity index (χ4v) is 2.99. The molecule has 6 nitrogen and oxygen atoms in total. The summed E-state index contributed by atoms with van der Waals surface area (Å²) in [5.41, 5.74) is 1.71. The fourth-order valence-electron chi connectivity index (χ4n) is 2.99. The highest BCUT2D eigenvalue weighted by molar-refractivity contribution is 5.99. The number of nitrogens with one attached hydrogen (secondary N) is 1. The Bertz CT molecular complexity index is 1090. The van der Waals surface area contributed by atoms with Gasteiger partial charge in [-0.3, -0.25) is 4.79 Å². The lowest BCUT2D eigenvalue weighted by molar-refractivity contribution is -0.125. The predicted octanol–water partition coefficient (Wildman–Crippen LogP) is 5.14. The van der Waals surface area contributed by atoms with E-state index in [1.165, 1.54) is 25.3 Å². The van der Waals surface area contributed by atoms with Crippen molar-refractivity contribution < 1.29 is 32.6 Å². The maximum absolute atomic E-state index is 13.1. The number of esters is 1. The van der Waals surface area contributed by atoms with Crippen LogP contribution in [0, 0.1) is 6.92 Å². The number of carbonyl (C=O) groups excluding carboxylic acids is 2. The summed E-state index contributed by atoms with van der Waals surface area (Å²) in [6.07, 6.45) is -1.30. The van der Waals surface area contributed by atoms with Crippen molar-refractivity contribution in [1.29, 1.82) is 0 Å². The molecule has 0 aliphatic rings. The lowest BCUT2D eigenvalue weighted by Crippen LogP contribution is -2.26. The number of benzene rings is 3. The molecule has 0 saturated carbocycles. The van der Waals surface area contributed by atoms with E-state index >= 15 is 0 Å². The van der Waals surface area contributed by atoms with Crippen molar-refractivity contribution in [2.75, 3.05) is 12.4 Å². The van der Waals surface area contributed by atoms with Crippen molar-refractivity contribution in [2.24, 2.45) is 0 Å². The lowest BCUT2D eigenvalue weighted by Gasteiger charge is -2.19. The number of amides is 1. The molecule has 3 aromatic rings. The number of ether oxygens (including phenoxy) is 3. The first-order valence-corrected chi connectivity index (χ1v) is 9.63. The highest BCUT2D eigenvalue weighted by Gasteiger charge is 2.27. The van der Waals surface area contributed by atoms with Gasteiger partial charge in [-0.25, -0.2) is 4.79 Å². The minimum atomic E-state index is -3.03. The summed E-state index contributed by atoms with van der Waals surface area (Å²) < 4.78 is 40.1. The van der Waals surface area contributed by atoms with Crippen molar-refractivity contribution in [3.63, 3.8) is 0 Å². The van der Waals surface area contributed by atoms with Crippen molar-refractivity contribution in [3.05, 3.63) is 89.5 Å². The van der Waals surface area contributed by atoms with E-state index in [1.54, 1.807) is 42.5 Å². The third-order valence-corrected chi connectivity index (χ3v) is 4.47. The summed E-state index contributed by atoms with van der Waals surface area (Å²) in [5, 5.41) is 2.73. The van der Waals surface area contributed by atoms with Crippen LogP contribution in [0.25, 0.3) is 0 Å². The molecule has 0 fully saturated rings. The van der Waals surface area contributed by atoms with Gasteiger partial charge in [-0.2, -0.15) is 8.78 Å². The molecule has 8 heteroatoms. The minimum absolute atomic E-state index is 0.0370. The first-order valence-electron chi connectivity index (χ1n) is 9.63. The Hall–Kier alpha value is -3.94. The fraction of sp³-hybridized carbons (Fsp3) is 0.167. The summed E-state index contributed by atoms with van der Waals surface area (Å²) in [6.45, 7) is -1.17. The highest BCUT2D eigenvalue weighted by Crippen LogP contribution is 2.28. The van der Waals surface area contributed by atoms with Gasteiger partial charge in [0.05, 0.1) is 18.4 Å². The first kappa shape index (κ1) is 22.7. The number of carbonyl (C=O) groups is 2. The van der Waals surface area contributed by atoms with Gasteiger partial charge in [0.15, 0.2) is 0 Å². The number of alkyl halides is 2. The van der Waals surface area contributed by atoms with Gasteiger partial charge >= 0.3 is 12.6 Å². The zero-order valence-electron chi connectivity index (χ0n) is 17.4. The van der Waals surface area contributed by atoms with Gasteiger partial charge in [0.1, 0.15) is 11.5 Å². The Kier molecular flexibility index (Phi) is 7.38. The van der Waals surface area contributed by atoms with E-state index in [0.717, 1.165) is 11.6 Å². The summed E-state index contributed by atoms with van der Waals surface area (Å²) in [6, 6.07) is 18.9. The number of rotatable bonds is 8. The average molecular weight is 441 g/mol. The summed E-state index contributed by atoms with van der Waals surface area (Å²) in [5.74, 6) is -1.23. The second kappa shape index (κ2) is 10.4. The third kappa shape index (κ3) is 5.81. The molecular formula is C24H21F2NO5. The van der Waals surface area contributed by atoms with Crippen LogP contribution in [0.4, 0.5) is 14.5 Å². The lowest BCUT2D eigenvalue weighted by atomic mass is 10.1.